The average molecular weight is 221 g/mol. The molecule has 0 bridgehead atoms. The first kappa shape index (κ1) is 11.0. The third-order valence-corrected chi connectivity index (χ3v) is 2.67. The van der Waals surface area contributed by atoms with Gasteiger partial charge in [0.05, 0.1) is 24.8 Å². The van der Waals surface area contributed by atoms with Gasteiger partial charge in [0.25, 0.3) is 5.91 Å². The Kier molecular flexibility index (Phi) is 3.48. The Morgan fingerprint density at radius 1 is 1.69 bits per heavy atom. The molecule has 0 radical (unpaired) electrons. The molecule has 2 heterocycles. The molecule has 5 nitrogen and oxygen atoms in total. The number of carbonyl (C=O) groups is 1. The monoisotopic (exact) mass is 221 g/mol. The van der Waals surface area contributed by atoms with Gasteiger partial charge in [-0.1, -0.05) is 0 Å². The number of amides is 1. The zero-order chi connectivity index (χ0) is 11.4. The van der Waals surface area contributed by atoms with Crippen molar-refractivity contribution in [3.63, 3.8) is 0 Å². The topological polar surface area (TPSA) is 68.5 Å². The largest absolute Gasteiger partial charge is 0.377 e. The van der Waals surface area contributed by atoms with Crippen LogP contribution in [0, 0.1) is 0 Å². The van der Waals surface area contributed by atoms with Crippen molar-refractivity contribution >= 4 is 5.91 Å². The first-order chi connectivity index (χ1) is 7.83. The van der Waals surface area contributed by atoms with Gasteiger partial charge in [0.15, 0.2) is 0 Å². The van der Waals surface area contributed by atoms with E-state index in [1.807, 2.05) is 0 Å². The zero-order valence-corrected chi connectivity index (χ0v) is 9.00. The van der Waals surface area contributed by atoms with E-state index in [9.17, 15) is 4.79 Å². The van der Waals surface area contributed by atoms with E-state index in [1.54, 1.807) is 29.4 Å². The smallest absolute Gasteiger partial charge is 0.255 e. The number of nitrogens with two attached hydrogens (primary N) is 1. The van der Waals surface area contributed by atoms with Crippen LogP contribution in [0.4, 0.5) is 0 Å². The number of aromatic nitrogens is 1. The van der Waals surface area contributed by atoms with Crippen LogP contribution in [0.3, 0.4) is 0 Å². The fraction of sp³-hybridized carbons (Fsp3) is 0.455. The Bertz CT molecular complexity index is 356. The molecule has 0 aromatic carbocycles. The van der Waals surface area contributed by atoms with Crippen LogP contribution in [0.5, 0.6) is 0 Å². The molecule has 2 N–H and O–H groups in total. The highest BCUT2D eigenvalue weighted by Gasteiger charge is 2.26. The number of morpholine rings is 1. The molecule has 1 aliphatic heterocycles. The number of carbonyl (C=O) groups excluding carboxylic acids is 1. The minimum Gasteiger partial charge on any atom is -0.377 e. The summed E-state index contributed by atoms with van der Waals surface area (Å²) in [4.78, 5) is 17.8. The highest BCUT2D eigenvalue weighted by molar-refractivity contribution is 5.94. The molecule has 1 atom stereocenters. The van der Waals surface area contributed by atoms with Crippen molar-refractivity contribution in [2.75, 3.05) is 26.3 Å². The van der Waals surface area contributed by atoms with E-state index in [1.165, 1.54) is 0 Å². The molecule has 1 saturated heterocycles. The van der Waals surface area contributed by atoms with Crippen molar-refractivity contribution < 1.29 is 9.53 Å². The SMILES string of the molecule is NCC1COCCN1C(=O)c1cccnc1. The van der Waals surface area contributed by atoms with Gasteiger partial charge < -0.3 is 15.4 Å². The lowest BCUT2D eigenvalue weighted by molar-refractivity contribution is 0.000817. The lowest BCUT2D eigenvalue weighted by Crippen LogP contribution is -2.52. The Balaban J connectivity index is 2.14. The molecule has 1 aromatic rings. The van der Waals surface area contributed by atoms with Crippen molar-refractivity contribution in [3.8, 4) is 0 Å². The fourth-order valence-electron chi connectivity index (χ4n) is 1.77. The van der Waals surface area contributed by atoms with E-state index in [4.69, 9.17) is 10.5 Å². The second kappa shape index (κ2) is 5.05. The van der Waals surface area contributed by atoms with E-state index in [0.717, 1.165) is 0 Å². The van der Waals surface area contributed by atoms with E-state index in [-0.39, 0.29) is 11.9 Å². The standard InChI is InChI=1S/C11H15N3O2/c12-6-10-8-16-5-4-14(10)11(15)9-2-1-3-13-7-9/h1-3,7,10H,4-6,8,12H2. The predicted molar refractivity (Wildman–Crippen MR) is 58.9 cm³/mol. The molecule has 1 amide bonds. The molecular formula is C11H15N3O2. The van der Waals surface area contributed by atoms with Crippen LogP contribution >= 0.6 is 0 Å². The number of pyridine rings is 1. The molecule has 1 aromatic heterocycles. The van der Waals surface area contributed by atoms with Gasteiger partial charge in [0.2, 0.25) is 0 Å². The van der Waals surface area contributed by atoms with Crippen molar-refractivity contribution in [1.29, 1.82) is 0 Å². The maximum atomic E-state index is 12.1. The maximum Gasteiger partial charge on any atom is 0.255 e. The van der Waals surface area contributed by atoms with Gasteiger partial charge in [-0.05, 0) is 12.1 Å². The molecule has 16 heavy (non-hydrogen) atoms. The Morgan fingerprint density at radius 2 is 2.56 bits per heavy atom. The van der Waals surface area contributed by atoms with Crippen LogP contribution < -0.4 is 5.73 Å². The van der Waals surface area contributed by atoms with Crippen molar-refractivity contribution in [2.24, 2.45) is 5.73 Å². The Hall–Kier alpha value is -1.46. The highest BCUT2D eigenvalue weighted by atomic mass is 16.5. The first-order valence-electron chi connectivity index (χ1n) is 5.31. The van der Waals surface area contributed by atoms with Crippen LogP contribution in [-0.4, -0.2) is 48.1 Å². The van der Waals surface area contributed by atoms with Crippen molar-refractivity contribution in [2.45, 2.75) is 6.04 Å². The molecule has 0 spiro atoms. The second-order valence-electron chi connectivity index (χ2n) is 3.70. The van der Waals surface area contributed by atoms with Crippen LogP contribution in [0.15, 0.2) is 24.5 Å². The van der Waals surface area contributed by atoms with Gasteiger partial charge in [-0.3, -0.25) is 9.78 Å². The minimum absolute atomic E-state index is 0.0214. The van der Waals surface area contributed by atoms with E-state index < -0.39 is 0 Å². The molecule has 0 saturated carbocycles. The normalized spacial score (nSPS) is 20.8. The lowest BCUT2D eigenvalue weighted by Gasteiger charge is -2.34. The average Bonchev–Trinajstić information content (AvgIpc) is 2.39. The van der Waals surface area contributed by atoms with Crippen LogP contribution in [0.2, 0.25) is 0 Å². The molecule has 5 heteroatoms. The number of nitrogens with zero attached hydrogens (tertiary/aromatic N) is 2. The van der Waals surface area contributed by atoms with Gasteiger partial charge in [-0.25, -0.2) is 0 Å². The van der Waals surface area contributed by atoms with Crippen LogP contribution in [0.25, 0.3) is 0 Å². The van der Waals surface area contributed by atoms with E-state index in [2.05, 4.69) is 4.98 Å². The summed E-state index contributed by atoms with van der Waals surface area (Å²) in [6, 6.07) is 3.49. The summed E-state index contributed by atoms with van der Waals surface area (Å²) >= 11 is 0. The maximum absolute atomic E-state index is 12.1. The predicted octanol–water partition coefficient (Wildman–Crippen LogP) is -0.119. The number of hydrogen-bond acceptors (Lipinski definition) is 4. The zero-order valence-electron chi connectivity index (χ0n) is 9.00. The lowest BCUT2D eigenvalue weighted by atomic mass is 10.1. The summed E-state index contributed by atoms with van der Waals surface area (Å²) in [5.41, 5.74) is 6.22. The fourth-order valence-corrected chi connectivity index (χ4v) is 1.77. The molecular weight excluding hydrogens is 206 g/mol. The van der Waals surface area contributed by atoms with Crippen LogP contribution in [-0.2, 0) is 4.74 Å². The first-order valence-corrected chi connectivity index (χ1v) is 5.31. The third-order valence-electron chi connectivity index (χ3n) is 2.67. The highest BCUT2D eigenvalue weighted by Crippen LogP contribution is 2.10. The molecule has 1 fully saturated rings. The third kappa shape index (κ3) is 2.20. The molecule has 1 aliphatic rings. The molecule has 0 aliphatic carbocycles. The van der Waals surface area contributed by atoms with Crippen molar-refractivity contribution in [1.82, 2.24) is 9.88 Å². The van der Waals surface area contributed by atoms with Gasteiger partial charge in [0, 0.05) is 25.5 Å². The van der Waals surface area contributed by atoms with Crippen LogP contribution in [0.1, 0.15) is 10.4 Å². The number of ether oxygens (including phenoxy) is 1. The van der Waals surface area contributed by atoms with Gasteiger partial charge in [0.1, 0.15) is 0 Å². The summed E-state index contributed by atoms with van der Waals surface area (Å²) in [6.07, 6.45) is 3.22. The van der Waals surface area contributed by atoms with E-state index >= 15 is 0 Å². The molecule has 2 rings (SSSR count). The van der Waals surface area contributed by atoms with Gasteiger partial charge >= 0.3 is 0 Å². The summed E-state index contributed by atoms with van der Waals surface area (Å²) < 4.78 is 5.30. The Labute approximate surface area is 94.2 Å². The summed E-state index contributed by atoms with van der Waals surface area (Å²) in [5.74, 6) is -0.0214. The quantitative estimate of drug-likeness (QED) is 0.756. The van der Waals surface area contributed by atoms with E-state index in [0.29, 0.717) is 31.9 Å². The Morgan fingerprint density at radius 3 is 3.25 bits per heavy atom. The van der Waals surface area contributed by atoms with Gasteiger partial charge in [-0.2, -0.15) is 0 Å². The van der Waals surface area contributed by atoms with Crippen molar-refractivity contribution in [3.05, 3.63) is 30.1 Å². The number of rotatable bonds is 2. The summed E-state index contributed by atoms with van der Waals surface area (Å²) in [5, 5.41) is 0. The summed E-state index contributed by atoms with van der Waals surface area (Å²) in [6.45, 7) is 2.10. The minimum atomic E-state index is -0.0264. The second-order valence-corrected chi connectivity index (χ2v) is 3.70. The molecule has 1 unspecified atom stereocenters. The summed E-state index contributed by atoms with van der Waals surface area (Å²) in [7, 11) is 0. The van der Waals surface area contributed by atoms with Gasteiger partial charge in [-0.15, -0.1) is 0 Å². The molecule has 86 valence electrons. The number of hydrogen-bond donors (Lipinski definition) is 1.